The second-order valence-electron chi connectivity index (χ2n) is 4.14. The summed E-state index contributed by atoms with van der Waals surface area (Å²) < 4.78 is 1.15. The molecule has 0 radical (unpaired) electrons. The number of thiophene rings is 1. The summed E-state index contributed by atoms with van der Waals surface area (Å²) in [5.74, 6) is 0.851. The molecule has 1 unspecified atom stereocenters. The summed E-state index contributed by atoms with van der Waals surface area (Å²) in [7, 11) is 0. The van der Waals surface area contributed by atoms with Crippen LogP contribution in [-0.2, 0) is 0 Å². The van der Waals surface area contributed by atoms with E-state index in [1.807, 2.05) is 0 Å². The van der Waals surface area contributed by atoms with Crippen molar-refractivity contribution in [1.29, 1.82) is 0 Å². The van der Waals surface area contributed by atoms with Crippen LogP contribution in [0.3, 0.4) is 0 Å². The minimum atomic E-state index is 0.112. The van der Waals surface area contributed by atoms with Crippen LogP contribution in [0.15, 0.2) is 10.5 Å². The van der Waals surface area contributed by atoms with Gasteiger partial charge in [-0.25, -0.2) is 0 Å². The third-order valence-electron chi connectivity index (χ3n) is 2.75. The van der Waals surface area contributed by atoms with Crippen LogP contribution in [0.4, 0.5) is 0 Å². The third-order valence-corrected chi connectivity index (χ3v) is 5.00. The van der Waals surface area contributed by atoms with Crippen molar-refractivity contribution in [3.8, 4) is 0 Å². The molecular formula is C11H16BrNOS. The van der Waals surface area contributed by atoms with Crippen LogP contribution < -0.4 is 5.32 Å². The Labute approximate surface area is 103 Å². The maximum Gasteiger partial charge on any atom is 0.0650 e. The first-order valence-electron chi connectivity index (χ1n) is 5.30. The number of rotatable bonds is 5. The number of aryl methyl sites for hydroxylation is 1. The molecule has 1 aliphatic carbocycles. The van der Waals surface area contributed by atoms with Gasteiger partial charge in [-0.15, -0.1) is 11.3 Å². The molecule has 1 atom stereocenters. The van der Waals surface area contributed by atoms with Crippen LogP contribution in [0, 0.1) is 12.8 Å². The van der Waals surface area contributed by atoms with Crippen LogP contribution in [-0.4, -0.2) is 18.3 Å². The number of halogens is 1. The van der Waals surface area contributed by atoms with E-state index in [4.69, 9.17) is 0 Å². The number of nitrogens with one attached hydrogen (secondary N) is 1. The number of aliphatic hydroxyl groups excluding tert-OH is 1. The van der Waals surface area contributed by atoms with E-state index >= 15 is 0 Å². The van der Waals surface area contributed by atoms with E-state index in [2.05, 4.69) is 34.2 Å². The fourth-order valence-corrected chi connectivity index (χ4v) is 3.17. The molecule has 0 spiro atoms. The summed E-state index contributed by atoms with van der Waals surface area (Å²) in [6, 6.07) is 2.22. The summed E-state index contributed by atoms with van der Waals surface area (Å²) in [5, 5.41) is 12.8. The summed E-state index contributed by atoms with van der Waals surface area (Å²) in [6.07, 6.45) is 2.69. The Hall–Kier alpha value is 0.100. The van der Waals surface area contributed by atoms with Crippen LogP contribution in [0.1, 0.15) is 28.6 Å². The summed E-state index contributed by atoms with van der Waals surface area (Å²) in [6.45, 7) is 3.31. The molecule has 15 heavy (non-hydrogen) atoms. The Morgan fingerprint density at radius 1 is 1.67 bits per heavy atom. The van der Waals surface area contributed by atoms with Gasteiger partial charge in [0.2, 0.25) is 0 Å². The average Bonchev–Trinajstić information content (AvgIpc) is 2.96. The highest BCUT2D eigenvalue weighted by molar-refractivity contribution is 9.10. The molecule has 2 rings (SSSR count). The van der Waals surface area contributed by atoms with E-state index in [0.29, 0.717) is 0 Å². The van der Waals surface area contributed by atoms with Crippen LogP contribution in [0.5, 0.6) is 0 Å². The van der Waals surface area contributed by atoms with Crippen LogP contribution >= 0.6 is 27.3 Å². The van der Waals surface area contributed by atoms with Gasteiger partial charge in [-0.2, -0.15) is 0 Å². The number of hydrogen-bond acceptors (Lipinski definition) is 3. The van der Waals surface area contributed by atoms with Gasteiger partial charge in [-0.1, -0.05) is 0 Å². The average molecular weight is 290 g/mol. The zero-order valence-corrected chi connectivity index (χ0v) is 11.2. The summed E-state index contributed by atoms with van der Waals surface area (Å²) >= 11 is 5.26. The smallest absolute Gasteiger partial charge is 0.0650 e. The molecule has 1 aromatic heterocycles. The molecule has 0 amide bonds. The van der Waals surface area contributed by atoms with Crippen molar-refractivity contribution >= 4 is 27.3 Å². The molecule has 2 N–H and O–H groups in total. The van der Waals surface area contributed by atoms with Crippen molar-refractivity contribution in [1.82, 2.24) is 5.32 Å². The highest BCUT2D eigenvalue weighted by Crippen LogP contribution is 2.32. The molecule has 84 valence electrons. The van der Waals surface area contributed by atoms with Gasteiger partial charge in [-0.05, 0) is 54.2 Å². The van der Waals surface area contributed by atoms with Gasteiger partial charge >= 0.3 is 0 Å². The Bertz CT molecular complexity index is 316. The summed E-state index contributed by atoms with van der Waals surface area (Å²) in [4.78, 5) is 2.50. The first kappa shape index (κ1) is 11.6. The minimum Gasteiger partial charge on any atom is -0.394 e. The van der Waals surface area contributed by atoms with Gasteiger partial charge in [0.05, 0.1) is 12.6 Å². The molecule has 0 bridgehead atoms. The lowest BCUT2D eigenvalue weighted by Crippen LogP contribution is -2.25. The van der Waals surface area contributed by atoms with Gasteiger partial charge in [0.25, 0.3) is 0 Å². The van der Waals surface area contributed by atoms with Crippen molar-refractivity contribution < 1.29 is 5.11 Å². The molecule has 1 saturated carbocycles. The number of hydrogen-bond donors (Lipinski definition) is 2. The molecule has 0 saturated heterocycles. The first-order chi connectivity index (χ1) is 7.20. The quantitative estimate of drug-likeness (QED) is 0.874. The van der Waals surface area contributed by atoms with Crippen molar-refractivity contribution in [3.63, 3.8) is 0 Å². The van der Waals surface area contributed by atoms with E-state index in [1.54, 1.807) is 11.3 Å². The fourth-order valence-electron chi connectivity index (χ4n) is 1.54. The molecule has 4 heteroatoms. The molecule has 0 aliphatic heterocycles. The Kier molecular flexibility index (Phi) is 3.83. The summed E-state index contributed by atoms with van der Waals surface area (Å²) in [5.41, 5.74) is 0. The van der Waals surface area contributed by atoms with E-state index in [-0.39, 0.29) is 12.6 Å². The topological polar surface area (TPSA) is 32.3 Å². The molecule has 1 fully saturated rings. The van der Waals surface area contributed by atoms with Crippen molar-refractivity contribution in [2.45, 2.75) is 25.8 Å². The van der Waals surface area contributed by atoms with Gasteiger partial charge in [0, 0.05) is 14.2 Å². The largest absolute Gasteiger partial charge is 0.394 e. The maximum atomic E-state index is 9.34. The third kappa shape index (κ3) is 3.03. The van der Waals surface area contributed by atoms with Crippen molar-refractivity contribution in [2.24, 2.45) is 5.92 Å². The minimum absolute atomic E-state index is 0.112. The van der Waals surface area contributed by atoms with Gasteiger partial charge in [0.15, 0.2) is 0 Å². The number of aliphatic hydroxyl groups is 1. The zero-order valence-electron chi connectivity index (χ0n) is 8.79. The lowest BCUT2D eigenvalue weighted by atomic mass is 10.2. The predicted molar refractivity (Wildman–Crippen MR) is 67.3 cm³/mol. The second kappa shape index (κ2) is 4.95. The molecule has 2 nitrogen and oxygen atoms in total. The maximum absolute atomic E-state index is 9.34. The van der Waals surface area contributed by atoms with Gasteiger partial charge in [0.1, 0.15) is 0 Å². The molecule has 1 heterocycles. The first-order valence-corrected chi connectivity index (χ1v) is 6.91. The fraction of sp³-hybridized carbons (Fsp3) is 0.636. The van der Waals surface area contributed by atoms with E-state index in [0.717, 1.165) is 16.9 Å². The van der Waals surface area contributed by atoms with Crippen molar-refractivity contribution in [2.75, 3.05) is 13.2 Å². The van der Waals surface area contributed by atoms with E-state index in [9.17, 15) is 5.11 Å². The lowest BCUT2D eigenvalue weighted by molar-refractivity contribution is 0.245. The zero-order chi connectivity index (χ0) is 10.8. The lowest BCUT2D eigenvalue weighted by Gasteiger charge is -2.14. The Morgan fingerprint density at radius 3 is 2.87 bits per heavy atom. The van der Waals surface area contributed by atoms with Crippen LogP contribution in [0.2, 0.25) is 0 Å². The van der Waals surface area contributed by atoms with Gasteiger partial charge in [-0.3, -0.25) is 0 Å². The standard InChI is InChI=1S/C11H16BrNOS/c1-7-9(12)4-11(15-7)10(6-14)13-5-8-2-3-8/h4,8,10,13-14H,2-3,5-6H2,1H3. The van der Waals surface area contributed by atoms with E-state index < -0.39 is 0 Å². The van der Waals surface area contributed by atoms with Crippen molar-refractivity contribution in [3.05, 3.63) is 20.3 Å². The highest BCUT2D eigenvalue weighted by atomic mass is 79.9. The monoisotopic (exact) mass is 289 g/mol. The molecular weight excluding hydrogens is 274 g/mol. The normalized spacial score (nSPS) is 18.1. The second-order valence-corrected chi connectivity index (χ2v) is 6.28. The highest BCUT2D eigenvalue weighted by Gasteiger charge is 2.23. The molecule has 0 aromatic carbocycles. The Morgan fingerprint density at radius 2 is 2.40 bits per heavy atom. The Balaban J connectivity index is 1.97. The van der Waals surface area contributed by atoms with E-state index in [1.165, 1.54) is 22.6 Å². The predicted octanol–water partition coefficient (Wildman–Crippen LogP) is 2.85. The molecule has 1 aromatic rings. The van der Waals surface area contributed by atoms with Gasteiger partial charge < -0.3 is 10.4 Å². The SMILES string of the molecule is Cc1sc(C(CO)NCC2CC2)cc1Br. The van der Waals surface area contributed by atoms with Crippen LogP contribution in [0.25, 0.3) is 0 Å². The molecule has 1 aliphatic rings.